The second-order valence-corrected chi connectivity index (χ2v) is 5.21. The van der Waals surface area contributed by atoms with Gasteiger partial charge < -0.3 is 4.74 Å². The van der Waals surface area contributed by atoms with E-state index in [4.69, 9.17) is 11.2 Å². The Morgan fingerprint density at radius 2 is 2.06 bits per heavy atom. The van der Waals surface area contributed by atoms with Gasteiger partial charge in [-0.1, -0.05) is 19.8 Å². The molecule has 0 aliphatic heterocycles. The van der Waals surface area contributed by atoms with E-state index in [-0.39, 0.29) is 5.97 Å². The van der Waals surface area contributed by atoms with Crippen LogP contribution < -0.4 is 5.32 Å². The van der Waals surface area contributed by atoms with Gasteiger partial charge >= 0.3 is 5.97 Å². The summed E-state index contributed by atoms with van der Waals surface area (Å²) in [6, 6.07) is 0. The first kappa shape index (κ1) is 14.1. The second kappa shape index (κ2) is 6.07. The van der Waals surface area contributed by atoms with Crippen LogP contribution in [0.25, 0.3) is 0 Å². The molecule has 3 heteroatoms. The van der Waals surface area contributed by atoms with E-state index in [0.717, 1.165) is 12.8 Å². The number of carbonyl (C=O) groups excluding carboxylic acids is 1. The van der Waals surface area contributed by atoms with E-state index in [2.05, 4.69) is 25.1 Å². The maximum atomic E-state index is 12.2. The summed E-state index contributed by atoms with van der Waals surface area (Å²) in [6.07, 6.45) is 8.08. The Labute approximate surface area is 104 Å². The fourth-order valence-electron chi connectivity index (χ4n) is 3.00. The van der Waals surface area contributed by atoms with E-state index in [1.807, 2.05) is 6.92 Å². The smallest absolute Gasteiger partial charge is 0.326 e. The minimum atomic E-state index is -0.570. The SMILES string of the molecule is C#CCNC1(C(=O)OCC)CC(C)CC(C)C1. The Morgan fingerprint density at radius 1 is 1.47 bits per heavy atom. The summed E-state index contributed by atoms with van der Waals surface area (Å²) in [5.41, 5.74) is -0.570. The maximum Gasteiger partial charge on any atom is 0.326 e. The molecular formula is C14H23NO2. The number of nitrogens with one attached hydrogen (secondary N) is 1. The van der Waals surface area contributed by atoms with Crippen LogP contribution in [0.1, 0.15) is 40.0 Å². The minimum Gasteiger partial charge on any atom is -0.465 e. The number of hydrogen-bond acceptors (Lipinski definition) is 3. The molecule has 1 rings (SSSR count). The van der Waals surface area contributed by atoms with E-state index in [9.17, 15) is 4.79 Å². The molecule has 2 unspecified atom stereocenters. The van der Waals surface area contributed by atoms with Gasteiger partial charge in [0.05, 0.1) is 13.2 Å². The molecule has 0 aromatic carbocycles. The first-order valence-corrected chi connectivity index (χ1v) is 6.39. The molecule has 96 valence electrons. The summed E-state index contributed by atoms with van der Waals surface area (Å²) in [5, 5.41) is 3.22. The predicted octanol–water partition coefficient (Wildman–Crippen LogP) is 1.97. The summed E-state index contributed by atoms with van der Waals surface area (Å²) in [6.45, 7) is 7.03. The molecule has 1 aliphatic carbocycles. The monoisotopic (exact) mass is 237 g/mol. The molecule has 1 saturated carbocycles. The minimum absolute atomic E-state index is 0.145. The summed E-state index contributed by atoms with van der Waals surface area (Å²) in [7, 11) is 0. The lowest BCUT2D eigenvalue weighted by molar-refractivity contribution is -0.154. The molecule has 0 amide bonds. The molecule has 17 heavy (non-hydrogen) atoms. The zero-order chi connectivity index (χ0) is 12.9. The lowest BCUT2D eigenvalue weighted by atomic mass is 9.71. The Morgan fingerprint density at radius 3 is 2.53 bits per heavy atom. The van der Waals surface area contributed by atoms with E-state index < -0.39 is 5.54 Å². The van der Waals surface area contributed by atoms with E-state index in [0.29, 0.717) is 25.0 Å². The van der Waals surface area contributed by atoms with E-state index in [1.54, 1.807) is 0 Å². The first-order chi connectivity index (χ1) is 8.04. The third-order valence-electron chi connectivity index (χ3n) is 3.39. The molecule has 1 fully saturated rings. The van der Waals surface area contributed by atoms with Gasteiger partial charge in [0.25, 0.3) is 0 Å². The van der Waals surface area contributed by atoms with Crippen molar-refractivity contribution in [3.05, 3.63) is 0 Å². The standard InChI is InChI=1S/C14H23NO2/c1-5-7-15-14(13(16)17-6-2)9-11(3)8-12(4)10-14/h1,11-12,15H,6-10H2,2-4H3. The molecule has 0 bridgehead atoms. The number of terminal acetylenes is 1. The van der Waals surface area contributed by atoms with E-state index in [1.165, 1.54) is 6.42 Å². The van der Waals surface area contributed by atoms with Crippen molar-refractivity contribution in [2.24, 2.45) is 11.8 Å². The lowest BCUT2D eigenvalue weighted by Gasteiger charge is -2.41. The normalized spacial score (nSPS) is 32.8. The molecule has 2 atom stereocenters. The Balaban J connectivity index is 2.84. The van der Waals surface area contributed by atoms with Crippen LogP contribution in [0, 0.1) is 24.2 Å². The largest absolute Gasteiger partial charge is 0.465 e. The average molecular weight is 237 g/mol. The van der Waals surface area contributed by atoms with Crippen LogP contribution in [0.2, 0.25) is 0 Å². The molecular weight excluding hydrogens is 214 g/mol. The van der Waals surface area contributed by atoms with Crippen LogP contribution in [0.3, 0.4) is 0 Å². The first-order valence-electron chi connectivity index (χ1n) is 6.39. The quantitative estimate of drug-likeness (QED) is 0.600. The molecule has 3 nitrogen and oxygen atoms in total. The van der Waals surface area contributed by atoms with Crippen molar-refractivity contribution in [3.63, 3.8) is 0 Å². The molecule has 1 N–H and O–H groups in total. The molecule has 0 aromatic heterocycles. The molecule has 0 saturated heterocycles. The highest BCUT2D eigenvalue weighted by atomic mass is 16.5. The molecule has 0 heterocycles. The van der Waals surface area contributed by atoms with Gasteiger partial charge in [0, 0.05) is 0 Å². The zero-order valence-electron chi connectivity index (χ0n) is 11.1. The Bertz CT molecular complexity index is 296. The topological polar surface area (TPSA) is 38.3 Å². The van der Waals surface area contributed by atoms with Crippen molar-refractivity contribution in [2.45, 2.75) is 45.6 Å². The highest BCUT2D eigenvalue weighted by molar-refractivity contribution is 5.81. The maximum absolute atomic E-state index is 12.2. The van der Waals surface area contributed by atoms with Crippen molar-refractivity contribution in [3.8, 4) is 12.3 Å². The Hall–Kier alpha value is -1.01. The summed E-state index contributed by atoms with van der Waals surface area (Å²) in [5.74, 6) is 3.45. The highest BCUT2D eigenvalue weighted by Crippen LogP contribution is 2.36. The molecule has 1 aliphatic rings. The molecule has 0 spiro atoms. The van der Waals surface area contributed by atoms with Gasteiger partial charge in [-0.2, -0.15) is 0 Å². The number of ether oxygens (including phenoxy) is 1. The van der Waals surface area contributed by atoms with E-state index >= 15 is 0 Å². The van der Waals surface area contributed by atoms with Gasteiger partial charge in [-0.25, -0.2) is 0 Å². The summed E-state index contributed by atoms with van der Waals surface area (Å²) in [4.78, 5) is 12.2. The number of hydrogen-bond donors (Lipinski definition) is 1. The third kappa shape index (κ3) is 3.47. The Kier molecular flexibility index (Phi) is 5.02. The van der Waals surface area contributed by atoms with Crippen molar-refractivity contribution in [1.82, 2.24) is 5.32 Å². The predicted molar refractivity (Wildman–Crippen MR) is 68.4 cm³/mol. The lowest BCUT2D eigenvalue weighted by Crippen LogP contribution is -2.57. The van der Waals surface area contributed by atoms with Gasteiger partial charge in [-0.3, -0.25) is 10.1 Å². The third-order valence-corrected chi connectivity index (χ3v) is 3.39. The number of carbonyl (C=O) groups is 1. The van der Waals surface area contributed by atoms with Crippen LogP contribution in [0.15, 0.2) is 0 Å². The van der Waals surface area contributed by atoms with Gasteiger partial charge in [-0.05, 0) is 38.0 Å². The van der Waals surface area contributed by atoms with Crippen molar-refractivity contribution in [2.75, 3.05) is 13.2 Å². The summed E-state index contributed by atoms with van der Waals surface area (Å²) >= 11 is 0. The number of rotatable bonds is 4. The highest BCUT2D eigenvalue weighted by Gasteiger charge is 2.44. The van der Waals surface area contributed by atoms with Gasteiger partial charge in [-0.15, -0.1) is 6.42 Å². The van der Waals surface area contributed by atoms with Gasteiger partial charge in [0.1, 0.15) is 5.54 Å². The average Bonchev–Trinajstić information content (AvgIpc) is 2.25. The van der Waals surface area contributed by atoms with Gasteiger partial charge in [0.2, 0.25) is 0 Å². The zero-order valence-corrected chi connectivity index (χ0v) is 11.1. The fraction of sp³-hybridized carbons (Fsp3) is 0.786. The summed E-state index contributed by atoms with van der Waals surface area (Å²) < 4.78 is 5.21. The fourth-order valence-corrected chi connectivity index (χ4v) is 3.00. The van der Waals surface area contributed by atoms with Crippen LogP contribution in [0.5, 0.6) is 0 Å². The molecule has 0 aromatic rings. The van der Waals surface area contributed by atoms with Crippen LogP contribution >= 0.6 is 0 Å². The number of esters is 1. The van der Waals surface area contributed by atoms with Crippen LogP contribution in [0.4, 0.5) is 0 Å². The van der Waals surface area contributed by atoms with Crippen molar-refractivity contribution < 1.29 is 9.53 Å². The molecule has 0 radical (unpaired) electrons. The van der Waals surface area contributed by atoms with Crippen molar-refractivity contribution in [1.29, 1.82) is 0 Å². The van der Waals surface area contributed by atoms with Crippen LogP contribution in [-0.4, -0.2) is 24.7 Å². The van der Waals surface area contributed by atoms with Crippen molar-refractivity contribution >= 4 is 5.97 Å². The second-order valence-electron chi connectivity index (χ2n) is 5.21. The van der Waals surface area contributed by atoms with Crippen LogP contribution in [-0.2, 0) is 9.53 Å². The van der Waals surface area contributed by atoms with Gasteiger partial charge in [0.15, 0.2) is 0 Å².